The molecule has 0 spiro atoms. The van der Waals surface area contributed by atoms with E-state index in [1.807, 2.05) is 18.2 Å². The van der Waals surface area contributed by atoms with E-state index in [0.29, 0.717) is 11.5 Å². The molecule has 3 nitrogen and oxygen atoms in total. The lowest BCUT2D eigenvalue weighted by Gasteiger charge is -2.06. The van der Waals surface area contributed by atoms with Crippen molar-refractivity contribution in [1.29, 1.82) is 0 Å². The van der Waals surface area contributed by atoms with Crippen molar-refractivity contribution in [2.24, 2.45) is 0 Å². The quantitative estimate of drug-likeness (QED) is 0.816. The van der Waals surface area contributed by atoms with Crippen LogP contribution in [0.25, 0.3) is 0 Å². The lowest BCUT2D eigenvalue weighted by molar-refractivity contribution is 1.14. The average Bonchev–Trinajstić information content (AvgIpc) is 2.32. The van der Waals surface area contributed by atoms with Gasteiger partial charge >= 0.3 is 0 Å². The van der Waals surface area contributed by atoms with Gasteiger partial charge in [-0.2, -0.15) is 0 Å². The summed E-state index contributed by atoms with van der Waals surface area (Å²) in [6.07, 6.45) is 0. The Morgan fingerprint density at radius 1 is 1.12 bits per heavy atom. The van der Waals surface area contributed by atoms with Gasteiger partial charge in [0.15, 0.2) is 0 Å². The Hall–Kier alpha value is -1.68. The minimum absolute atomic E-state index is 0.403. The molecular formula is C13H15N3S. The van der Waals surface area contributed by atoms with Crippen LogP contribution in [-0.4, -0.2) is 4.98 Å². The molecule has 0 aliphatic carbocycles. The average molecular weight is 245 g/mol. The summed E-state index contributed by atoms with van der Waals surface area (Å²) in [5.41, 5.74) is 14.4. The van der Waals surface area contributed by atoms with Crippen LogP contribution in [0.15, 0.2) is 41.4 Å². The molecule has 0 unspecified atom stereocenters. The van der Waals surface area contributed by atoms with Crippen LogP contribution in [0.2, 0.25) is 0 Å². The normalized spacial score (nSPS) is 10.4. The summed E-state index contributed by atoms with van der Waals surface area (Å²) in [6.45, 7) is 2.11. The Morgan fingerprint density at radius 3 is 2.59 bits per heavy atom. The highest BCUT2D eigenvalue weighted by Gasteiger charge is 2.02. The fraction of sp³-hybridized carbons (Fsp3) is 0.154. The molecule has 1 aromatic carbocycles. The summed E-state index contributed by atoms with van der Waals surface area (Å²) >= 11 is 1.66. The van der Waals surface area contributed by atoms with Gasteiger partial charge in [-0.15, -0.1) is 11.8 Å². The number of rotatable bonds is 3. The van der Waals surface area contributed by atoms with Crippen molar-refractivity contribution in [3.05, 3.63) is 47.5 Å². The van der Waals surface area contributed by atoms with Gasteiger partial charge in [-0.25, -0.2) is 4.98 Å². The molecule has 0 saturated carbocycles. The second-order valence-corrected chi connectivity index (χ2v) is 4.83. The summed E-state index contributed by atoms with van der Waals surface area (Å²) in [6, 6.07) is 12.0. The van der Waals surface area contributed by atoms with Crippen molar-refractivity contribution >= 4 is 23.3 Å². The topological polar surface area (TPSA) is 64.9 Å². The molecular weight excluding hydrogens is 230 g/mol. The molecule has 1 aromatic heterocycles. The number of nitrogen functional groups attached to an aromatic ring is 2. The monoisotopic (exact) mass is 245 g/mol. The van der Waals surface area contributed by atoms with Gasteiger partial charge in [0.1, 0.15) is 5.82 Å². The summed E-state index contributed by atoms with van der Waals surface area (Å²) < 4.78 is 0. The first-order chi connectivity index (χ1) is 8.16. The van der Waals surface area contributed by atoms with Crippen LogP contribution < -0.4 is 11.5 Å². The van der Waals surface area contributed by atoms with E-state index < -0.39 is 0 Å². The maximum Gasteiger partial charge on any atom is 0.147 e. The fourth-order valence-corrected chi connectivity index (χ4v) is 2.43. The molecule has 88 valence electrons. The lowest BCUT2D eigenvalue weighted by Crippen LogP contribution is -1.98. The molecule has 0 radical (unpaired) electrons. The van der Waals surface area contributed by atoms with Crippen molar-refractivity contribution in [1.82, 2.24) is 4.98 Å². The Balaban J connectivity index is 2.08. The first kappa shape index (κ1) is 11.8. The van der Waals surface area contributed by atoms with Gasteiger partial charge in [0.25, 0.3) is 0 Å². The molecule has 0 aliphatic rings. The molecule has 0 amide bonds. The van der Waals surface area contributed by atoms with E-state index in [0.717, 1.165) is 10.8 Å². The van der Waals surface area contributed by atoms with Gasteiger partial charge in [-0.05, 0) is 30.2 Å². The van der Waals surface area contributed by atoms with Crippen molar-refractivity contribution < 1.29 is 0 Å². The smallest absolute Gasteiger partial charge is 0.147 e. The number of aromatic nitrogens is 1. The maximum absolute atomic E-state index is 5.67. The number of pyridine rings is 1. The molecule has 2 aromatic rings. The SMILES string of the molecule is Cc1ccccc1CSc1ccc(N)c(N)n1. The van der Waals surface area contributed by atoms with Crippen molar-refractivity contribution in [3.8, 4) is 0 Å². The maximum atomic E-state index is 5.67. The van der Waals surface area contributed by atoms with Gasteiger partial charge < -0.3 is 11.5 Å². The van der Waals surface area contributed by atoms with Crippen LogP contribution in [0.1, 0.15) is 11.1 Å². The first-order valence-electron chi connectivity index (χ1n) is 5.36. The highest BCUT2D eigenvalue weighted by Crippen LogP contribution is 2.25. The highest BCUT2D eigenvalue weighted by atomic mass is 32.2. The molecule has 0 atom stereocenters. The van der Waals surface area contributed by atoms with Crippen LogP contribution in [0, 0.1) is 6.92 Å². The minimum atomic E-state index is 0.403. The zero-order valence-corrected chi connectivity index (χ0v) is 10.5. The second-order valence-electron chi connectivity index (χ2n) is 3.84. The van der Waals surface area contributed by atoms with Gasteiger partial charge in [-0.1, -0.05) is 24.3 Å². The van der Waals surface area contributed by atoms with Crippen LogP contribution in [0.4, 0.5) is 11.5 Å². The highest BCUT2D eigenvalue weighted by molar-refractivity contribution is 7.98. The lowest BCUT2D eigenvalue weighted by atomic mass is 10.1. The van der Waals surface area contributed by atoms with Crippen molar-refractivity contribution in [2.75, 3.05) is 11.5 Å². The van der Waals surface area contributed by atoms with Gasteiger partial charge in [0.2, 0.25) is 0 Å². The van der Waals surface area contributed by atoms with E-state index >= 15 is 0 Å². The second kappa shape index (κ2) is 5.10. The van der Waals surface area contributed by atoms with E-state index in [1.54, 1.807) is 17.8 Å². The molecule has 0 bridgehead atoms. The summed E-state index contributed by atoms with van der Waals surface area (Å²) in [7, 11) is 0. The standard InChI is InChI=1S/C13H15N3S/c1-9-4-2-3-5-10(9)8-17-12-7-6-11(14)13(15)16-12/h2-7H,8,14H2,1H3,(H2,15,16). The number of aryl methyl sites for hydroxylation is 1. The van der Waals surface area contributed by atoms with Crippen LogP contribution >= 0.6 is 11.8 Å². The predicted octanol–water partition coefficient (Wildman–Crippen LogP) is 2.85. The third-order valence-corrected chi connectivity index (χ3v) is 3.55. The molecule has 4 heteroatoms. The van der Waals surface area contributed by atoms with Gasteiger partial charge in [0.05, 0.1) is 10.7 Å². The number of nitrogens with zero attached hydrogens (tertiary/aromatic N) is 1. The van der Waals surface area contributed by atoms with Crippen LogP contribution in [0.3, 0.4) is 0 Å². The Bertz CT molecular complexity index is 526. The van der Waals surface area contributed by atoms with Crippen molar-refractivity contribution in [2.45, 2.75) is 17.7 Å². The van der Waals surface area contributed by atoms with Gasteiger partial charge in [-0.3, -0.25) is 0 Å². The number of benzene rings is 1. The summed E-state index contributed by atoms with van der Waals surface area (Å²) in [5, 5.41) is 0.903. The molecule has 17 heavy (non-hydrogen) atoms. The summed E-state index contributed by atoms with van der Waals surface area (Å²) in [5.74, 6) is 1.29. The molecule has 0 fully saturated rings. The number of anilines is 2. The Kier molecular flexibility index (Phi) is 3.54. The molecule has 2 rings (SSSR count). The zero-order valence-electron chi connectivity index (χ0n) is 9.68. The first-order valence-corrected chi connectivity index (χ1v) is 6.34. The number of hydrogen-bond donors (Lipinski definition) is 2. The molecule has 0 saturated heterocycles. The van der Waals surface area contributed by atoms with Crippen LogP contribution in [-0.2, 0) is 5.75 Å². The van der Waals surface area contributed by atoms with Gasteiger partial charge in [0, 0.05) is 5.75 Å². The Morgan fingerprint density at radius 2 is 1.88 bits per heavy atom. The number of thioether (sulfide) groups is 1. The summed E-state index contributed by atoms with van der Waals surface area (Å²) in [4.78, 5) is 4.23. The Labute approximate surface area is 105 Å². The minimum Gasteiger partial charge on any atom is -0.396 e. The zero-order chi connectivity index (χ0) is 12.3. The van der Waals surface area contributed by atoms with Crippen molar-refractivity contribution in [3.63, 3.8) is 0 Å². The van der Waals surface area contributed by atoms with E-state index in [2.05, 4.69) is 24.0 Å². The number of nitrogens with two attached hydrogens (primary N) is 2. The predicted molar refractivity (Wildman–Crippen MR) is 73.8 cm³/mol. The fourth-order valence-electron chi connectivity index (χ4n) is 1.47. The molecule has 4 N–H and O–H groups in total. The largest absolute Gasteiger partial charge is 0.396 e. The number of hydrogen-bond acceptors (Lipinski definition) is 4. The van der Waals surface area contributed by atoms with E-state index in [4.69, 9.17) is 11.5 Å². The van der Waals surface area contributed by atoms with E-state index in [1.165, 1.54) is 11.1 Å². The van der Waals surface area contributed by atoms with E-state index in [9.17, 15) is 0 Å². The molecule has 1 heterocycles. The van der Waals surface area contributed by atoms with E-state index in [-0.39, 0.29) is 0 Å². The third-order valence-electron chi connectivity index (χ3n) is 2.57. The van der Waals surface area contributed by atoms with Crippen LogP contribution in [0.5, 0.6) is 0 Å². The molecule has 0 aliphatic heterocycles. The third kappa shape index (κ3) is 2.91.